The summed E-state index contributed by atoms with van der Waals surface area (Å²) in [6.07, 6.45) is 4.99. The number of aromatic nitrogens is 3. The van der Waals surface area contributed by atoms with E-state index in [1.54, 1.807) is 35.3 Å². The first-order valence-corrected chi connectivity index (χ1v) is 7.09. The summed E-state index contributed by atoms with van der Waals surface area (Å²) in [6.45, 7) is 0.374. The molecular formula is C16H13ClN4O. The quantitative estimate of drug-likeness (QED) is 0.806. The van der Waals surface area contributed by atoms with Crippen LogP contribution in [0.3, 0.4) is 0 Å². The number of amides is 1. The van der Waals surface area contributed by atoms with Crippen LogP contribution in [0.15, 0.2) is 61.1 Å². The Kier molecular flexibility index (Phi) is 4.16. The highest BCUT2D eigenvalue weighted by atomic mass is 35.5. The van der Waals surface area contributed by atoms with Gasteiger partial charge in [0.15, 0.2) is 5.82 Å². The normalized spacial score (nSPS) is 10.4. The van der Waals surface area contributed by atoms with Gasteiger partial charge < -0.3 is 5.32 Å². The van der Waals surface area contributed by atoms with Crippen molar-refractivity contribution in [2.45, 2.75) is 6.54 Å². The van der Waals surface area contributed by atoms with Gasteiger partial charge in [-0.15, -0.1) is 0 Å². The van der Waals surface area contributed by atoms with Crippen LogP contribution in [0.25, 0.3) is 5.82 Å². The number of carbonyl (C=O) groups is 1. The Bertz CT molecular complexity index is 769. The van der Waals surface area contributed by atoms with Gasteiger partial charge in [-0.05, 0) is 29.8 Å². The second-order valence-electron chi connectivity index (χ2n) is 4.63. The Morgan fingerprint density at radius 2 is 2.05 bits per heavy atom. The van der Waals surface area contributed by atoms with Crippen LogP contribution in [0.2, 0.25) is 5.02 Å². The van der Waals surface area contributed by atoms with E-state index in [1.807, 2.05) is 24.3 Å². The number of carbonyl (C=O) groups excluding carboxylic acids is 1. The first kappa shape index (κ1) is 14.3. The molecule has 0 unspecified atom stereocenters. The maximum Gasteiger partial charge on any atom is 0.253 e. The first-order chi connectivity index (χ1) is 10.7. The van der Waals surface area contributed by atoms with Crippen molar-refractivity contribution < 1.29 is 4.79 Å². The molecule has 0 aliphatic heterocycles. The molecular weight excluding hydrogens is 300 g/mol. The van der Waals surface area contributed by atoms with Crippen molar-refractivity contribution >= 4 is 17.5 Å². The highest BCUT2D eigenvalue weighted by Crippen LogP contribution is 2.14. The fourth-order valence-corrected chi connectivity index (χ4v) is 2.18. The summed E-state index contributed by atoms with van der Waals surface area (Å²) in [5, 5.41) is 7.54. The minimum Gasteiger partial charge on any atom is -0.348 e. The molecule has 2 aromatic heterocycles. The van der Waals surface area contributed by atoms with Crippen LogP contribution in [-0.4, -0.2) is 20.7 Å². The van der Waals surface area contributed by atoms with E-state index in [1.165, 1.54) is 6.20 Å². The van der Waals surface area contributed by atoms with Crippen molar-refractivity contribution in [1.29, 1.82) is 0 Å². The Hall–Kier alpha value is -2.66. The Balaban J connectivity index is 1.67. The molecule has 0 atom stereocenters. The third-order valence-electron chi connectivity index (χ3n) is 3.15. The molecule has 1 N–H and O–H groups in total. The summed E-state index contributed by atoms with van der Waals surface area (Å²) in [7, 11) is 0. The van der Waals surface area contributed by atoms with Crippen LogP contribution in [0.5, 0.6) is 0 Å². The van der Waals surface area contributed by atoms with Crippen LogP contribution < -0.4 is 5.32 Å². The third kappa shape index (κ3) is 3.15. The number of nitrogens with one attached hydrogen (secondary N) is 1. The van der Waals surface area contributed by atoms with Gasteiger partial charge in [0.2, 0.25) is 0 Å². The maximum atomic E-state index is 12.1. The van der Waals surface area contributed by atoms with Crippen LogP contribution in [-0.2, 0) is 6.54 Å². The average Bonchev–Trinajstić information content (AvgIpc) is 3.08. The molecule has 0 saturated heterocycles. The number of rotatable bonds is 4. The van der Waals surface area contributed by atoms with Gasteiger partial charge in [-0.1, -0.05) is 29.8 Å². The van der Waals surface area contributed by atoms with Crippen molar-refractivity contribution in [3.8, 4) is 5.82 Å². The molecule has 0 aliphatic carbocycles. The highest BCUT2D eigenvalue weighted by Gasteiger charge is 2.08. The van der Waals surface area contributed by atoms with Crippen molar-refractivity contribution in [2.75, 3.05) is 0 Å². The zero-order valence-corrected chi connectivity index (χ0v) is 12.4. The molecule has 0 saturated carbocycles. The minimum atomic E-state index is -0.195. The molecule has 22 heavy (non-hydrogen) atoms. The summed E-state index contributed by atoms with van der Waals surface area (Å²) in [5.41, 5.74) is 1.36. The van der Waals surface area contributed by atoms with Gasteiger partial charge in [0, 0.05) is 30.2 Å². The lowest BCUT2D eigenvalue weighted by molar-refractivity contribution is 0.0950. The number of pyridine rings is 1. The van der Waals surface area contributed by atoms with Crippen LogP contribution in [0, 0.1) is 0 Å². The molecule has 6 heteroatoms. The van der Waals surface area contributed by atoms with E-state index >= 15 is 0 Å². The summed E-state index contributed by atoms with van der Waals surface area (Å²) < 4.78 is 1.63. The number of halogens is 1. The average molecular weight is 313 g/mol. The lowest BCUT2D eigenvalue weighted by Gasteiger charge is -2.07. The van der Waals surface area contributed by atoms with Gasteiger partial charge in [-0.3, -0.25) is 4.79 Å². The number of hydrogen-bond donors (Lipinski definition) is 1. The van der Waals surface area contributed by atoms with Gasteiger partial charge >= 0.3 is 0 Å². The molecule has 3 aromatic rings. The monoisotopic (exact) mass is 312 g/mol. The zero-order chi connectivity index (χ0) is 15.4. The molecule has 0 fully saturated rings. The summed E-state index contributed by atoms with van der Waals surface area (Å²) >= 11 is 6.06. The fraction of sp³-hybridized carbons (Fsp3) is 0.0625. The van der Waals surface area contributed by atoms with E-state index in [-0.39, 0.29) is 5.91 Å². The summed E-state index contributed by atoms with van der Waals surface area (Å²) in [5.74, 6) is 0.465. The van der Waals surface area contributed by atoms with Crippen molar-refractivity contribution in [3.05, 3.63) is 77.2 Å². The van der Waals surface area contributed by atoms with Crippen molar-refractivity contribution in [1.82, 2.24) is 20.1 Å². The molecule has 0 aliphatic rings. The first-order valence-electron chi connectivity index (χ1n) is 6.72. The Labute approximate surface area is 132 Å². The molecule has 3 rings (SSSR count). The highest BCUT2D eigenvalue weighted by molar-refractivity contribution is 6.31. The van der Waals surface area contributed by atoms with Crippen LogP contribution in [0.4, 0.5) is 0 Å². The molecule has 0 radical (unpaired) electrons. The predicted octanol–water partition coefficient (Wildman–Crippen LogP) is 2.85. The van der Waals surface area contributed by atoms with Crippen LogP contribution >= 0.6 is 11.6 Å². The molecule has 110 valence electrons. The molecule has 2 heterocycles. The van der Waals surface area contributed by atoms with Gasteiger partial charge in [0.1, 0.15) is 0 Å². The molecule has 1 aromatic carbocycles. The SMILES string of the molecule is O=C(NCc1ccccc1Cl)c1ccc(-n2cccn2)nc1. The van der Waals surface area contributed by atoms with E-state index in [9.17, 15) is 4.79 Å². The lowest BCUT2D eigenvalue weighted by Crippen LogP contribution is -2.23. The van der Waals surface area contributed by atoms with Crippen LogP contribution in [0.1, 0.15) is 15.9 Å². The smallest absolute Gasteiger partial charge is 0.253 e. The number of benzene rings is 1. The zero-order valence-electron chi connectivity index (χ0n) is 11.6. The van der Waals surface area contributed by atoms with E-state index in [2.05, 4.69) is 15.4 Å². The van der Waals surface area contributed by atoms with Gasteiger partial charge in [0.05, 0.1) is 5.56 Å². The van der Waals surface area contributed by atoms with Gasteiger partial charge in [-0.25, -0.2) is 9.67 Å². The topological polar surface area (TPSA) is 59.8 Å². The molecule has 5 nitrogen and oxygen atoms in total. The summed E-state index contributed by atoms with van der Waals surface area (Å²) in [4.78, 5) is 16.3. The van der Waals surface area contributed by atoms with E-state index in [0.717, 1.165) is 5.56 Å². The van der Waals surface area contributed by atoms with Gasteiger partial charge in [-0.2, -0.15) is 5.10 Å². The standard InChI is InChI=1S/C16H13ClN4O/c17-14-5-2-1-4-12(14)10-19-16(22)13-6-7-15(18-11-13)21-9-3-8-20-21/h1-9,11H,10H2,(H,19,22). The van der Waals surface area contributed by atoms with E-state index < -0.39 is 0 Å². The van der Waals surface area contributed by atoms with Crippen molar-refractivity contribution in [3.63, 3.8) is 0 Å². The molecule has 0 spiro atoms. The predicted molar refractivity (Wildman–Crippen MR) is 84.0 cm³/mol. The maximum absolute atomic E-state index is 12.1. The summed E-state index contributed by atoms with van der Waals surface area (Å²) in [6, 6.07) is 12.7. The Morgan fingerprint density at radius 1 is 1.18 bits per heavy atom. The Morgan fingerprint density at radius 3 is 2.73 bits per heavy atom. The lowest BCUT2D eigenvalue weighted by atomic mass is 10.2. The number of hydrogen-bond acceptors (Lipinski definition) is 3. The van der Waals surface area contributed by atoms with E-state index in [0.29, 0.717) is 22.9 Å². The second-order valence-corrected chi connectivity index (χ2v) is 5.04. The number of nitrogens with zero attached hydrogens (tertiary/aromatic N) is 3. The minimum absolute atomic E-state index is 0.195. The second kappa shape index (κ2) is 6.41. The third-order valence-corrected chi connectivity index (χ3v) is 3.52. The van der Waals surface area contributed by atoms with Crippen molar-refractivity contribution in [2.24, 2.45) is 0 Å². The fourth-order valence-electron chi connectivity index (χ4n) is 1.98. The molecule has 0 bridgehead atoms. The molecule has 1 amide bonds. The largest absolute Gasteiger partial charge is 0.348 e. The van der Waals surface area contributed by atoms with E-state index in [4.69, 9.17) is 11.6 Å². The van der Waals surface area contributed by atoms with Gasteiger partial charge in [0.25, 0.3) is 5.91 Å².